The molecule has 2 fully saturated rings. The minimum Gasteiger partial charge on any atom is -0.345 e. The predicted octanol–water partition coefficient (Wildman–Crippen LogP) is 1.57. The fourth-order valence-electron chi connectivity index (χ4n) is 3.65. The molecule has 0 aromatic heterocycles. The van der Waals surface area contributed by atoms with E-state index in [0.29, 0.717) is 0 Å². The van der Waals surface area contributed by atoms with Gasteiger partial charge in [-0.2, -0.15) is 0 Å². The van der Waals surface area contributed by atoms with Crippen molar-refractivity contribution in [3.05, 3.63) is 0 Å². The molecule has 0 radical (unpaired) electrons. The van der Waals surface area contributed by atoms with E-state index in [1.807, 2.05) is 0 Å². The van der Waals surface area contributed by atoms with Crippen molar-refractivity contribution < 1.29 is 14.1 Å². The van der Waals surface area contributed by atoms with Gasteiger partial charge in [0.05, 0.1) is 46.8 Å². The van der Waals surface area contributed by atoms with Crippen LogP contribution >= 0.6 is 0 Å². The van der Waals surface area contributed by atoms with Gasteiger partial charge in [-0.15, -0.1) is 0 Å². The van der Waals surface area contributed by atoms with E-state index in [0.717, 1.165) is 10.9 Å². The van der Waals surface area contributed by atoms with Gasteiger partial charge in [0.2, 0.25) is 0 Å². The Morgan fingerprint density at radius 3 is 2.06 bits per heavy atom. The standard InChI is InChI=1S/C14H30N2O/c1-15(9-3-4-10-15)11-7-8-14(17)16(2)12-5-6-13-16/h14,17H,3-13H2,1-2H3/q+2. The zero-order valence-electron chi connectivity index (χ0n) is 11.7. The molecular formula is C14H30N2O+2. The topological polar surface area (TPSA) is 20.2 Å². The molecule has 0 amide bonds. The Balaban J connectivity index is 1.71. The van der Waals surface area contributed by atoms with Crippen molar-refractivity contribution >= 4 is 0 Å². The highest BCUT2D eigenvalue weighted by Gasteiger charge is 2.35. The van der Waals surface area contributed by atoms with Gasteiger partial charge in [-0.05, 0) is 0 Å². The smallest absolute Gasteiger partial charge is 0.190 e. The van der Waals surface area contributed by atoms with E-state index < -0.39 is 0 Å². The lowest BCUT2D eigenvalue weighted by atomic mass is 10.2. The number of aliphatic hydroxyl groups is 1. The van der Waals surface area contributed by atoms with Gasteiger partial charge in [0.15, 0.2) is 6.23 Å². The van der Waals surface area contributed by atoms with Crippen molar-refractivity contribution in [3.8, 4) is 0 Å². The van der Waals surface area contributed by atoms with Gasteiger partial charge in [-0.25, -0.2) is 0 Å². The Morgan fingerprint density at radius 2 is 1.47 bits per heavy atom. The summed E-state index contributed by atoms with van der Waals surface area (Å²) >= 11 is 0. The molecule has 1 N–H and O–H groups in total. The number of hydrogen-bond acceptors (Lipinski definition) is 1. The molecule has 2 aliphatic heterocycles. The Kier molecular flexibility index (Phi) is 4.11. The predicted molar refractivity (Wildman–Crippen MR) is 70.4 cm³/mol. The monoisotopic (exact) mass is 242 g/mol. The van der Waals surface area contributed by atoms with Crippen LogP contribution in [0.15, 0.2) is 0 Å². The summed E-state index contributed by atoms with van der Waals surface area (Å²) in [6.07, 6.45) is 7.43. The average Bonchev–Trinajstić information content (AvgIpc) is 2.89. The third-order valence-corrected chi connectivity index (χ3v) is 5.11. The summed E-state index contributed by atoms with van der Waals surface area (Å²) in [5, 5.41) is 10.3. The lowest BCUT2D eigenvalue weighted by molar-refractivity contribution is -0.944. The summed E-state index contributed by atoms with van der Waals surface area (Å²) in [7, 11) is 4.61. The summed E-state index contributed by atoms with van der Waals surface area (Å²) in [6.45, 7) is 6.31. The fraction of sp³-hybridized carbons (Fsp3) is 1.00. The zero-order chi connectivity index (χ0) is 12.4. The van der Waals surface area contributed by atoms with Gasteiger partial charge >= 0.3 is 0 Å². The number of likely N-dealkylation sites (tertiary alicyclic amines) is 2. The van der Waals surface area contributed by atoms with Crippen LogP contribution in [-0.2, 0) is 0 Å². The highest BCUT2D eigenvalue weighted by atomic mass is 16.3. The molecule has 0 spiro atoms. The average molecular weight is 242 g/mol. The van der Waals surface area contributed by atoms with Gasteiger partial charge in [-0.3, -0.25) is 0 Å². The number of quaternary nitrogens is 2. The molecule has 3 heteroatoms. The van der Waals surface area contributed by atoms with E-state index in [-0.39, 0.29) is 6.23 Å². The third kappa shape index (κ3) is 3.21. The SMILES string of the molecule is C[N+]1(CCCC(O)[N+]2(C)CCCC2)CCCC1. The van der Waals surface area contributed by atoms with Crippen molar-refractivity contribution in [2.75, 3.05) is 46.8 Å². The largest absolute Gasteiger partial charge is 0.345 e. The zero-order valence-corrected chi connectivity index (χ0v) is 11.7. The van der Waals surface area contributed by atoms with Gasteiger partial charge in [0.1, 0.15) is 0 Å². The van der Waals surface area contributed by atoms with Crippen molar-refractivity contribution in [1.29, 1.82) is 0 Å². The Labute approximate surface area is 106 Å². The number of hydrogen-bond donors (Lipinski definition) is 1. The van der Waals surface area contributed by atoms with E-state index in [1.165, 1.54) is 69.3 Å². The van der Waals surface area contributed by atoms with Crippen LogP contribution in [0.4, 0.5) is 0 Å². The Morgan fingerprint density at radius 1 is 0.941 bits per heavy atom. The van der Waals surface area contributed by atoms with E-state index in [4.69, 9.17) is 0 Å². The molecule has 0 saturated carbocycles. The number of aliphatic hydroxyl groups excluding tert-OH is 1. The highest BCUT2D eigenvalue weighted by molar-refractivity contribution is 4.57. The van der Waals surface area contributed by atoms with Crippen molar-refractivity contribution in [2.45, 2.75) is 44.8 Å². The van der Waals surface area contributed by atoms with Crippen LogP contribution in [0.3, 0.4) is 0 Å². The first kappa shape index (κ1) is 13.3. The van der Waals surface area contributed by atoms with Crippen LogP contribution in [0.5, 0.6) is 0 Å². The molecule has 1 atom stereocenters. The van der Waals surface area contributed by atoms with Gasteiger partial charge < -0.3 is 14.1 Å². The summed E-state index contributed by atoms with van der Waals surface area (Å²) in [4.78, 5) is 0. The molecule has 2 saturated heterocycles. The van der Waals surface area contributed by atoms with Gasteiger partial charge in [-0.1, -0.05) is 0 Å². The van der Waals surface area contributed by atoms with Crippen LogP contribution in [-0.4, -0.2) is 67.1 Å². The summed E-state index contributed by atoms with van der Waals surface area (Å²) < 4.78 is 2.15. The molecule has 0 aromatic carbocycles. The lowest BCUT2D eigenvalue weighted by Crippen LogP contribution is -2.50. The molecular weight excluding hydrogens is 212 g/mol. The van der Waals surface area contributed by atoms with Crippen LogP contribution in [0.1, 0.15) is 38.5 Å². The Hall–Kier alpha value is -0.120. The minimum absolute atomic E-state index is 0.119. The second-order valence-corrected chi connectivity index (χ2v) is 6.75. The lowest BCUT2D eigenvalue weighted by Gasteiger charge is -2.35. The van der Waals surface area contributed by atoms with E-state index in [2.05, 4.69) is 14.1 Å². The molecule has 17 heavy (non-hydrogen) atoms. The van der Waals surface area contributed by atoms with Crippen LogP contribution in [0.2, 0.25) is 0 Å². The molecule has 0 bridgehead atoms. The summed E-state index contributed by atoms with van der Waals surface area (Å²) in [5.41, 5.74) is 0. The van der Waals surface area contributed by atoms with Crippen molar-refractivity contribution in [3.63, 3.8) is 0 Å². The fourth-order valence-corrected chi connectivity index (χ4v) is 3.65. The molecule has 0 aromatic rings. The molecule has 2 rings (SSSR count). The Bertz CT molecular complexity index is 243. The first-order valence-electron chi connectivity index (χ1n) is 7.40. The van der Waals surface area contributed by atoms with Crippen LogP contribution in [0, 0.1) is 0 Å². The molecule has 2 aliphatic rings. The van der Waals surface area contributed by atoms with Gasteiger partial charge in [0, 0.05) is 38.5 Å². The van der Waals surface area contributed by atoms with E-state index in [1.54, 1.807) is 0 Å². The number of rotatable bonds is 5. The molecule has 100 valence electrons. The third-order valence-electron chi connectivity index (χ3n) is 5.11. The maximum atomic E-state index is 10.3. The maximum Gasteiger partial charge on any atom is 0.190 e. The normalized spacial score (nSPS) is 28.4. The maximum absolute atomic E-state index is 10.3. The summed E-state index contributed by atoms with van der Waals surface area (Å²) in [5.74, 6) is 0. The van der Waals surface area contributed by atoms with Crippen molar-refractivity contribution in [2.24, 2.45) is 0 Å². The summed E-state index contributed by atoms with van der Waals surface area (Å²) in [6, 6.07) is 0. The highest BCUT2D eigenvalue weighted by Crippen LogP contribution is 2.23. The number of nitrogens with zero attached hydrogens (tertiary/aromatic N) is 2. The first-order valence-corrected chi connectivity index (χ1v) is 7.40. The van der Waals surface area contributed by atoms with E-state index in [9.17, 15) is 5.11 Å². The second-order valence-electron chi connectivity index (χ2n) is 6.75. The van der Waals surface area contributed by atoms with E-state index >= 15 is 0 Å². The minimum atomic E-state index is -0.119. The molecule has 0 aliphatic carbocycles. The van der Waals surface area contributed by atoms with Crippen LogP contribution in [0.25, 0.3) is 0 Å². The second kappa shape index (κ2) is 5.25. The molecule has 3 nitrogen and oxygen atoms in total. The van der Waals surface area contributed by atoms with Gasteiger partial charge in [0.25, 0.3) is 0 Å². The first-order chi connectivity index (χ1) is 8.04. The molecule has 2 heterocycles. The van der Waals surface area contributed by atoms with Crippen LogP contribution < -0.4 is 0 Å². The van der Waals surface area contributed by atoms with Crippen molar-refractivity contribution in [1.82, 2.24) is 0 Å². The molecule has 1 unspecified atom stereocenters. The quantitative estimate of drug-likeness (QED) is 0.726.